The minimum Gasteiger partial charge on any atom is -0.423 e. The Morgan fingerprint density at radius 3 is 2.86 bits per heavy atom. The van der Waals surface area contributed by atoms with E-state index in [1.54, 1.807) is 24.4 Å². The molecule has 3 fully saturated rings. The van der Waals surface area contributed by atoms with Crippen LogP contribution < -0.4 is 10.2 Å². The van der Waals surface area contributed by atoms with Gasteiger partial charge in [0.25, 0.3) is 6.01 Å². The van der Waals surface area contributed by atoms with Crippen molar-refractivity contribution >= 4 is 28.7 Å². The van der Waals surface area contributed by atoms with E-state index in [0.717, 1.165) is 0 Å². The van der Waals surface area contributed by atoms with Gasteiger partial charge in [-0.3, -0.25) is 4.98 Å². The maximum atomic E-state index is 13.8. The molecule has 0 saturated carbocycles. The van der Waals surface area contributed by atoms with Crippen molar-refractivity contribution in [3.05, 3.63) is 41.0 Å². The Hall–Kier alpha value is -2.36. The number of alkyl halides is 3. The SMILES string of the molecule is FC(F)(F)c1c(Cl)cc(-c2ccccn2)c2oc(N3CC4CNCC3CO4)nc12. The zero-order valence-electron chi connectivity index (χ0n) is 15.0. The van der Waals surface area contributed by atoms with E-state index in [0.29, 0.717) is 37.5 Å². The van der Waals surface area contributed by atoms with Crippen molar-refractivity contribution < 1.29 is 22.3 Å². The van der Waals surface area contributed by atoms with Gasteiger partial charge in [0.1, 0.15) is 11.1 Å². The van der Waals surface area contributed by atoms with Crippen LogP contribution in [0.15, 0.2) is 34.9 Å². The van der Waals surface area contributed by atoms with E-state index < -0.39 is 16.8 Å². The highest BCUT2D eigenvalue weighted by Gasteiger charge is 2.40. The van der Waals surface area contributed by atoms with E-state index in [2.05, 4.69) is 15.3 Å². The molecule has 6 nitrogen and oxygen atoms in total. The fourth-order valence-electron chi connectivity index (χ4n) is 3.84. The predicted octanol–water partition coefficient (Wildman–Crippen LogP) is 3.74. The highest BCUT2D eigenvalue weighted by molar-refractivity contribution is 6.33. The molecule has 6 rings (SSSR count). The van der Waals surface area contributed by atoms with Crippen molar-refractivity contribution in [1.29, 1.82) is 0 Å². The summed E-state index contributed by atoms with van der Waals surface area (Å²) in [7, 11) is 0. The molecule has 5 heterocycles. The smallest absolute Gasteiger partial charge is 0.420 e. The second-order valence-electron chi connectivity index (χ2n) is 7.09. The van der Waals surface area contributed by atoms with E-state index in [1.165, 1.54) is 6.07 Å². The Morgan fingerprint density at radius 2 is 2.10 bits per heavy atom. The molecule has 152 valence electrons. The van der Waals surface area contributed by atoms with Gasteiger partial charge in [-0.2, -0.15) is 18.2 Å². The van der Waals surface area contributed by atoms with Gasteiger partial charge in [0, 0.05) is 24.8 Å². The van der Waals surface area contributed by atoms with E-state index in [9.17, 15) is 13.2 Å². The highest BCUT2D eigenvalue weighted by Crippen LogP contribution is 2.44. The van der Waals surface area contributed by atoms with Crippen molar-refractivity contribution in [3.63, 3.8) is 0 Å². The molecule has 0 amide bonds. The second kappa shape index (κ2) is 6.86. The number of fused-ring (bicyclic) bond motifs is 5. The average Bonchev–Trinajstić information content (AvgIpc) is 2.86. The molecule has 2 aromatic heterocycles. The molecule has 29 heavy (non-hydrogen) atoms. The quantitative estimate of drug-likeness (QED) is 0.676. The van der Waals surface area contributed by atoms with Crippen LogP contribution in [0, 0.1) is 0 Å². The summed E-state index contributed by atoms with van der Waals surface area (Å²) in [6, 6.07) is 6.44. The molecule has 3 aliphatic rings. The van der Waals surface area contributed by atoms with Gasteiger partial charge >= 0.3 is 6.18 Å². The molecule has 3 saturated heterocycles. The average molecular weight is 425 g/mol. The number of nitrogens with zero attached hydrogens (tertiary/aromatic N) is 3. The zero-order valence-corrected chi connectivity index (χ0v) is 15.8. The molecule has 10 heteroatoms. The largest absolute Gasteiger partial charge is 0.423 e. The first-order valence-corrected chi connectivity index (χ1v) is 9.50. The van der Waals surface area contributed by atoms with Gasteiger partial charge in [-0.15, -0.1) is 0 Å². The van der Waals surface area contributed by atoms with Crippen LogP contribution in [-0.2, 0) is 10.9 Å². The Morgan fingerprint density at radius 1 is 1.24 bits per heavy atom. The van der Waals surface area contributed by atoms with Crippen LogP contribution >= 0.6 is 11.6 Å². The molecule has 2 unspecified atom stereocenters. The van der Waals surface area contributed by atoms with Gasteiger partial charge < -0.3 is 19.4 Å². The third-order valence-electron chi connectivity index (χ3n) is 5.19. The summed E-state index contributed by atoms with van der Waals surface area (Å²) >= 11 is 6.05. The topological polar surface area (TPSA) is 63.4 Å². The first-order chi connectivity index (χ1) is 13.9. The Balaban J connectivity index is 1.72. The van der Waals surface area contributed by atoms with Gasteiger partial charge in [-0.25, -0.2) is 0 Å². The first kappa shape index (κ1) is 18.7. The minimum absolute atomic E-state index is 0.0180. The zero-order chi connectivity index (χ0) is 20.2. The molecule has 2 bridgehead atoms. The van der Waals surface area contributed by atoms with E-state index in [4.69, 9.17) is 20.8 Å². The summed E-state index contributed by atoms with van der Waals surface area (Å²) in [5.41, 5.74) is -0.470. The molecule has 1 N–H and O–H groups in total. The Labute approximate surface area is 168 Å². The van der Waals surface area contributed by atoms with Gasteiger partial charge in [-0.1, -0.05) is 17.7 Å². The first-order valence-electron chi connectivity index (χ1n) is 9.12. The highest BCUT2D eigenvalue weighted by atomic mass is 35.5. The number of nitrogens with one attached hydrogen (secondary N) is 1. The lowest BCUT2D eigenvalue weighted by Gasteiger charge is -2.34. The normalized spacial score (nSPS) is 22.3. The summed E-state index contributed by atoms with van der Waals surface area (Å²) in [5, 5.41) is 2.84. The fraction of sp³-hybridized carbons (Fsp3) is 0.368. The molecular weight excluding hydrogens is 409 g/mol. The summed E-state index contributed by atoms with van der Waals surface area (Å²) in [6.07, 6.45) is -3.19. The van der Waals surface area contributed by atoms with Crippen LogP contribution in [0.5, 0.6) is 0 Å². The summed E-state index contributed by atoms with van der Waals surface area (Å²) in [6.45, 7) is 2.25. The van der Waals surface area contributed by atoms with Crippen LogP contribution in [0.3, 0.4) is 0 Å². The lowest BCUT2D eigenvalue weighted by molar-refractivity contribution is -0.136. The number of morpholine rings is 1. The number of hydrogen-bond acceptors (Lipinski definition) is 6. The van der Waals surface area contributed by atoms with Crippen LogP contribution in [-0.4, -0.2) is 48.4 Å². The van der Waals surface area contributed by atoms with E-state index in [-0.39, 0.29) is 29.3 Å². The van der Waals surface area contributed by atoms with Crippen molar-refractivity contribution in [3.8, 4) is 11.3 Å². The van der Waals surface area contributed by atoms with Crippen LogP contribution in [0.4, 0.5) is 19.2 Å². The number of halogens is 4. The van der Waals surface area contributed by atoms with E-state index >= 15 is 0 Å². The van der Waals surface area contributed by atoms with Crippen molar-refractivity contribution in [2.24, 2.45) is 0 Å². The molecule has 0 aliphatic carbocycles. The van der Waals surface area contributed by atoms with E-state index in [1.807, 2.05) is 4.90 Å². The third kappa shape index (κ3) is 3.23. The molecule has 2 atom stereocenters. The van der Waals surface area contributed by atoms with Crippen LogP contribution in [0.2, 0.25) is 5.02 Å². The maximum Gasteiger partial charge on any atom is 0.420 e. The van der Waals surface area contributed by atoms with Gasteiger partial charge in [0.05, 0.1) is 36.0 Å². The summed E-state index contributed by atoms with van der Waals surface area (Å²) in [4.78, 5) is 10.4. The number of anilines is 1. The Bertz CT molecular complexity index is 1050. The third-order valence-corrected chi connectivity index (χ3v) is 5.49. The number of oxazole rings is 1. The van der Waals surface area contributed by atoms with Crippen LogP contribution in [0.25, 0.3) is 22.4 Å². The number of rotatable bonds is 2. The summed E-state index contributed by atoms with van der Waals surface area (Å²) < 4.78 is 52.9. The number of benzene rings is 1. The number of pyridine rings is 1. The molecular formula is C19H16ClF3N4O2. The van der Waals surface area contributed by atoms with Crippen molar-refractivity contribution in [1.82, 2.24) is 15.3 Å². The lowest BCUT2D eigenvalue weighted by atomic mass is 10.1. The molecule has 1 aromatic carbocycles. The molecule has 3 aromatic rings. The second-order valence-corrected chi connectivity index (χ2v) is 7.49. The van der Waals surface area contributed by atoms with Gasteiger partial charge in [0.15, 0.2) is 5.58 Å². The molecule has 0 radical (unpaired) electrons. The standard InChI is InChI=1S/C19H16ClF3N4O2/c20-13-5-12(14-3-1-2-4-25-14)17-16(15(13)19(21,22)23)26-18(29-17)27-8-11-7-24-6-10(27)9-28-11/h1-5,10-11,24H,6-9H2. The predicted molar refractivity (Wildman–Crippen MR) is 101 cm³/mol. The van der Waals surface area contributed by atoms with Crippen molar-refractivity contribution in [2.75, 3.05) is 31.1 Å². The van der Waals surface area contributed by atoms with Gasteiger partial charge in [-0.05, 0) is 18.2 Å². The minimum atomic E-state index is -4.67. The van der Waals surface area contributed by atoms with Crippen molar-refractivity contribution in [2.45, 2.75) is 18.3 Å². The lowest BCUT2D eigenvalue weighted by Crippen LogP contribution is -2.49. The van der Waals surface area contributed by atoms with Gasteiger partial charge in [0.2, 0.25) is 0 Å². The Kier molecular flexibility index (Phi) is 4.41. The fourth-order valence-corrected chi connectivity index (χ4v) is 4.15. The van der Waals surface area contributed by atoms with Crippen LogP contribution in [0.1, 0.15) is 5.56 Å². The summed E-state index contributed by atoms with van der Waals surface area (Å²) in [5.74, 6) is 0. The molecule has 3 aliphatic heterocycles. The molecule has 0 spiro atoms. The number of aromatic nitrogens is 2. The number of ether oxygens (including phenoxy) is 1. The monoisotopic (exact) mass is 424 g/mol. The number of hydrogen-bond donors (Lipinski definition) is 1. The maximum absolute atomic E-state index is 13.8.